The van der Waals surface area contributed by atoms with E-state index in [9.17, 15) is 9.59 Å². The normalized spacial score (nSPS) is 19.7. The summed E-state index contributed by atoms with van der Waals surface area (Å²) in [5, 5.41) is 9.03. The maximum atomic E-state index is 11.6. The fourth-order valence-corrected chi connectivity index (χ4v) is 2.17. The van der Waals surface area contributed by atoms with Gasteiger partial charge >= 0.3 is 5.97 Å². The smallest absolute Gasteiger partial charge is 0.356 e. The Labute approximate surface area is 97.2 Å². The summed E-state index contributed by atoms with van der Waals surface area (Å²) in [5.41, 5.74) is 0.176. The molecule has 1 spiro atoms. The summed E-state index contributed by atoms with van der Waals surface area (Å²) < 4.78 is 5.74. The molecule has 2 aliphatic rings. The molecule has 0 saturated heterocycles. The lowest BCUT2D eigenvalue weighted by Gasteiger charge is -2.32. The third-order valence-electron chi connectivity index (χ3n) is 3.27. The minimum absolute atomic E-state index is 0.0113. The van der Waals surface area contributed by atoms with Crippen LogP contribution in [-0.4, -0.2) is 34.1 Å². The van der Waals surface area contributed by atoms with Crippen molar-refractivity contribution >= 4 is 17.6 Å². The summed E-state index contributed by atoms with van der Waals surface area (Å²) >= 11 is 0. The van der Waals surface area contributed by atoms with Crippen LogP contribution in [0.4, 0.5) is 5.69 Å². The Kier molecular flexibility index (Phi) is 1.81. The van der Waals surface area contributed by atoms with E-state index in [4.69, 9.17) is 9.84 Å². The highest BCUT2D eigenvalue weighted by Crippen LogP contribution is 2.49. The van der Waals surface area contributed by atoms with Gasteiger partial charge in [0.05, 0.1) is 6.54 Å². The van der Waals surface area contributed by atoms with Crippen LogP contribution in [0, 0.1) is 0 Å². The lowest BCUT2D eigenvalue weighted by Crippen LogP contribution is -2.43. The molecule has 0 bridgehead atoms. The molecule has 1 aromatic rings. The highest BCUT2D eigenvalue weighted by Gasteiger charge is 2.52. The Balaban J connectivity index is 2.10. The molecule has 3 rings (SSSR count). The number of aromatic carboxylic acids is 1. The highest BCUT2D eigenvalue weighted by molar-refractivity contribution is 5.99. The Morgan fingerprint density at radius 2 is 2.24 bits per heavy atom. The van der Waals surface area contributed by atoms with E-state index in [1.54, 1.807) is 4.90 Å². The van der Waals surface area contributed by atoms with Crippen LogP contribution in [-0.2, 0) is 4.79 Å². The number of rotatable bonds is 1. The van der Waals surface area contributed by atoms with Crippen molar-refractivity contribution in [3.63, 3.8) is 0 Å². The molecule has 6 nitrogen and oxygen atoms in total. The monoisotopic (exact) mass is 236 g/mol. The van der Waals surface area contributed by atoms with Crippen LogP contribution in [0.15, 0.2) is 6.20 Å². The summed E-state index contributed by atoms with van der Waals surface area (Å²) in [6.45, 7) is 1.98. The van der Waals surface area contributed by atoms with Crippen molar-refractivity contribution < 1.29 is 19.4 Å². The molecule has 1 fully saturated rings. The fraction of sp³-hybridized carbons (Fsp3) is 0.455. The van der Waals surface area contributed by atoms with E-state index in [1.165, 1.54) is 13.1 Å². The number of carbonyl (C=O) groups is 2. The molecular formula is C11H12N2O4. The molecule has 90 valence electrons. The number of carboxylic acids is 1. The van der Waals surface area contributed by atoms with E-state index in [0.717, 1.165) is 12.8 Å². The lowest BCUT2D eigenvalue weighted by molar-refractivity contribution is -0.117. The van der Waals surface area contributed by atoms with Crippen molar-refractivity contribution in [2.45, 2.75) is 25.4 Å². The highest BCUT2D eigenvalue weighted by atomic mass is 16.5. The fourth-order valence-electron chi connectivity index (χ4n) is 2.17. The third-order valence-corrected chi connectivity index (χ3v) is 3.27. The lowest BCUT2D eigenvalue weighted by atomic mass is 10.2. The number of carbonyl (C=O) groups excluding carboxylic acids is 1. The first-order chi connectivity index (χ1) is 8.02. The molecule has 2 heterocycles. The zero-order valence-electron chi connectivity index (χ0n) is 9.32. The molecule has 0 atom stereocenters. The van der Waals surface area contributed by atoms with Crippen molar-refractivity contribution in [3.05, 3.63) is 11.9 Å². The molecule has 17 heavy (non-hydrogen) atoms. The third kappa shape index (κ3) is 1.40. The average molecular weight is 236 g/mol. The van der Waals surface area contributed by atoms with E-state index in [-0.39, 0.29) is 23.0 Å². The van der Waals surface area contributed by atoms with E-state index in [1.807, 2.05) is 0 Å². The first kappa shape index (κ1) is 10.2. The number of aromatic nitrogens is 1. The molecule has 0 radical (unpaired) electrons. The van der Waals surface area contributed by atoms with Gasteiger partial charge in [0, 0.05) is 13.1 Å². The molecule has 6 heteroatoms. The zero-order valence-corrected chi connectivity index (χ0v) is 9.32. The van der Waals surface area contributed by atoms with Gasteiger partial charge in [0.15, 0.2) is 11.4 Å². The van der Waals surface area contributed by atoms with Gasteiger partial charge in [0.1, 0.15) is 11.3 Å². The second kappa shape index (κ2) is 3.03. The van der Waals surface area contributed by atoms with E-state index >= 15 is 0 Å². The molecule has 1 aliphatic carbocycles. The second-order valence-corrected chi connectivity index (χ2v) is 4.57. The van der Waals surface area contributed by atoms with Gasteiger partial charge in [-0.05, 0) is 12.8 Å². The van der Waals surface area contributed by atoms with Gasteiger partial charge in [0.25, 0.3) is 0 Å². The SMILES string of the molecule is CC(=O)N1CC2(CC2)Oc2c1c[nH]c2C(=O)O. The van der Waals surface area contributed by atoms with Crippen LogP contribution in [0.2, 0.25) is 0 Å². The summed E-state index contributed by atoms with van der Waals surface area (Å²) in [6, 6.07) is 0. The molecule has 0 aromatic carbocycles. The van der Waals surface area contributed by atoms with E-state index < -0.39 is 5.97 Å². The standard InChI is InChI=1S/C11H12N2O4/c1-6(14)13-5-11(2-3-11)17-9-7(13)4-12-8(9)10(15)16/h4,12H,2-3,5H2,1H3,(H,15,16). The predicted octanol–water partition coefficient (Wildman–Crippen LogP) is 0.991. The largest absolute Gasteiger partial charge is 0.481 e. The molecular weight excluding hydrogens is 224 g/mol. The number of fused-ring (bicyclic) bond motifs is 1. The Morgan fingerprint density at radius 1 is 1.53 bits per heavy atom. The molecule has 1 aromatic heterocycles. The predicted molar refractivity (Wildman–Crippen MR) is 58.4 cm³/mol. The number of nitrogens with zero attached hydrogens (tertiary/aromatic N) is 1. The maximum Gasteiger partial charge on any atom is 0.356 e. The van der Waals surface area contributed by atoms with Crippen LogP contribution in [0.5, 0.6) is 5.75 Å². The van der Waals surface area contributed by atoms with Crippen LogP contribution in [0.3, 0.4) is 0 Å². The number of aromatic amines is 1. The first-order valence-electron chi connectivity index (χ1n) is 5.44. The van der Waals surface area contributed by atoms with Crippen LogP contribution < -0.4 is 9.64 Å². The number of carboxylic acid groups (broad SMARTS) is 1. The van der Waals surface area contributed by atoms with Gasteiger partial charge in [-0.15, -0.1) is 0 Å². The summed E-state index contributed by atoms with van der Waals surface area (Å²) in [5.74, 6) is -0.888. The summed E-state index contributed by atoms with van der Waals surface area (Å²) in [4.78, 5) is 26.8. The quantitative estimate of drug-likeness (QED) is 0.761. The Morgan fingerprint density at radius 3 is 2.76 bits per heavy atom. The van der Waals surface area contributed by atoms with Crippen LogP contribution in [0.25, 0.3) is 0 Å². The molecule has 1 saturated carbocycles. The van der Waals surface area contributed by atoms with Crippen molar-refractivity contribution in [1.29, 1.82) is 0 Å². The van der Waals surface area contributed by atoms with E-state index in [2.05, 4.69) is 4.98 Å². The van der Waals surface area contributed by atoms with Crippen molar-refractivity contribution in [2.24, 2.45) is 0 Å². The van der Waals surface area contributed by atoms with Gasteiger partial charge in [0.2, 0.25) is 5.91 Å². The number of hydrogen-bond acceptors (Lipinski definition) is 3. The second-order valence-electron chi connectivity index (χ2n) is 4.57. The minimum atomic E-state index is -1.08. The number of hydrogen-bond donors (Lipinski definition) is 2. The molecule has 1 aliphatic heterocycles. The van der Waals surface area contributed by atoms with Gasteiger partial charge < -0.3 is 19.7 Å². The van der Waals surface area contributed by atoms with Gasteiger partial charge in [-0.3, -0.25) is 4.79 Å². The Hall–Kier alpha value is -1.98. The average Bonchev–Trinajstić information content (AvgIpc) is 2.86. The Bertz CT molecular complexity index is 516. The zero-order chi connectivity index (χ0) is 12.2. The number of H-pyrrole nitrogens is 1. The van der Waals surface area contributed by atoms with Gasteiger partial charge in [-0.1, -0.05) is 0 Å². The first-order valence-corrected chi connectivity index (χ1v) is 5.44. The maximum absolute atomic E-state index is 11.6. The number of nitrogens with one attached hydrogen (secondary N) is 1. The number of amides is 1. The van der Waals surface area contributed by atoms with Crippen molar-refractivity contribution in [3.8, 4) is 5.75 Å². The minimum Gasteiger partial charge on any atom is -0.481 e. The number of ether oxygens (including phenoxy) is 1. The van der Waals surface area contributed by atoms with Crippen LogP contribution >= 0.6 is 0 Å². The van der Waals surface area contributed by atoms with Gasteiger partial charge in [-0.25, -0.2) is 4.79 Å². The topological polar surface area (TPSA) is 82.6 Å². The summed E-state index contributed by atoms with van der Waals surface area (Å²) in [7, 11) is 0. The summed E-state index contributed by atoms with van der Waals surface area (Å²) in [6.07, 6.45) is 3.23. The van der Waals surface area contributed by atoms with Gasteiger partial charge in [-0.2, -0.15) is 0 Å². The molecule has 2 N–H and O–H groups in total. The number of anilines is 1. The van der Waals surface area contributed by atoms with Crippen LogP contribution in [0.1, 0.15) is 30.3 Å². The molecule has 1 amide bonds. The van der Waals surface area contributed by atoms with Crippen molar-refractivity contribution in [2.75, 3.05) is 11.4 Å². The van der Waals surface area contributed by atoms with Crippen molar-refractivity contribution in [1.82, 2.24) is 4.98 Å². The molecule has 0 unspecified atom stereocenters. The van der Waals surface area contributed by atoms with E-state index in [0.29, 0.717) is 12.2 Å².